The van der Waals surface area contributed by atoms with Crippen LogP contribution in [0.2, 0.25) is 0 Å². The summed E-state index contributed by atoms with van der Waals surface area (Å²) in [6, 6.07) is 3.78. The zero-order chi connectivity index (χ0) is 10.0. The van der Waals surface area contributed by atoms with Gasteiger partial charge in [-0.05, 0) is 63.1 Å². The molecule has 0 aliphatic carbocycles. The van der Waals surface area contributed by atoms with E-state index in [2.05, 4.69) is 38.5 Å². The van der Waals surface area contributed by atoms with Gasteiger partial charge < -0.3 is 0 Å². The molecule has 0 unspecified atom stereocenters. The maximum absolute atomic E-state index is 11.3. The van der Waals surface area contributed by atoms with Crippen molar-refractivity contribution < 1.29 is 4.79 Å². The molecule has 1 nitrogen and oxygen atoms in total. The summed E-state index contributed by atoms with van der Waals surface area (Å²) in [4.78, 5) is 11.3. The van der Waals surface area contributed by atoms with Gasteiger partial charge in [0.05, 0.1) is 5.88 Å². The van der Waals surface area contributed by atoms with Crippen molar-refractivity contribution in [2.75, 3.05) is 5.88 Å². The van der Waals surface area contributed by atoms with Crippen molar-refractivity contribution in [1.29, 1.82) is 0 Å². The number of carbonyl (C=O) groups is 1. The van der Waals surface area contributed by atoms with Crippen molar-refractivity contribution in [3.05, 3.63) is 31.3 Å². The Morgan fingerprint density at radius 1 is 1.62 bits per heavy atom. The minimum Gasteiger partial charge on any atom is -0.293 e. The molecule has 0 aliphatic rings. The summed E-state index contributed by atoms with van der Waals surface area (Å²) in [7, 11) is 0. The van der Waals surface area contributed by atoms with E-state index in [-0.39, 0.29) is 11.7 Å². The molecule has 0 spiro atoms. The summed E-state index contributed by atoms with van der Waals surface area (Å²) < 4.78 is 2.04. The molecule has 0 fully saturated rings. The summed E-state index contributed by atoms with van der Waals surface area (Å²) in [5.74, 6) is 0.00435. The molecule has 0 amide bonds. The second kappa shape index (κ2) is 4.75. The second-order valence-electron chi connectivity index (χ2n) is 2.64. The molecule has 70 valence electrons. The largest absolute Gasteiger partial charge is 0.293 e. The topological polar surface area (TPSA) is 17.1 Å². The van der Waals surface area contributed by atoms with E-state index in [1.807, 2.05) is 19.1 Å². The van der Waals surface area contributed by atoms with Crippen LogP contribution in [0, 0.1) is 10.5 Å². The molecular weight excluding hydrogens is 366 g/mol. The zero-order valence-electron chi connectivity index (χ0n) is 6.90. The van der Waals surface area contributed by atoms with E-state index < -0.39 is 0 Å². The van der Waals surface area contributed by atoms with Crippen LogP contribution in [0.5, 0.6) is 0 Å². The van der Waals surface area contributed by atoms with Crippen molar-refractivity contribution >= 4 is 55.9 Å². The molecular formula is C9H7BrClIO. The van der Waals surface area contributed by atoms with Gasteiger partial charge in [-0.1, -0.05) is 0 Å². The average molecular weight is 373 g/mol. The lowest BCUT2D eigenvalue weighted by Crippen LogP contribution is -2.03. The number of carbonyl (C=O) groups excluding carboxylic acids is 1. The Labute approximate surface area is 104 Å². The maximum Gasteiger partial charge on any atom is 0.177 e. The third-order valence-corrected chi connectivity index (χ3v) is 4.22. The van der Waals surface area contributed by atoms with Crippen LogP contribution in [0.15, 0.2) is 16.6 Å². The fourth-order valence-corrected chi connectivity index (χ4v) is 2.13. The van der Waals surface area contributed by atoms with Gasteiger partial charge in [-0.25, -0.2) is 0 Å². The van der Waals surface area contributed by atoms with Gasteiger partial charge in [-0.15, -0.1) is 11.6 Å². The van der Waals surface area contributed by atoms with Gasteiger partial charge in [0.2, 0.25) is 0 Å². The van der Waals surface area contributed by atoms with Crippen molar-refractivity contribution in [2.24, 2.45) is 0 Å². The fourth-order valence-electron chi connectivity index (χ4n) is 1.02. The maximum atomic E-state index is 11.3. The lowest BCUT2D eigenvalue weighted by atomic mass is 10.1. The van der Waals surface area contributed by atoms with Crippen LogP contribution in [0.3, 0.4) is 0 Å². The SMILES string of the molecule is Cc1cc(I)c(Br)cc1C(=O)CCl. The summed E-state index contributed by atoms with van der Waals surface area (Å²) in [6.07, 6.45) is 0. The van der Waals surface area contributed by atoms with Crippen LogP contribution >= 0.6 is 50.1 Å². The monoisotopic (exact) mass is 372 g/mol. The lowest BCUT2D eigenvalue weighted by molar-refractivity contribution is 0.102. The molecule has 1 aromatic carbocycles. The van der Waals surface area contributed by atoms with E-state index in [1.165, 1.54) is 0 Å². The molecule has 0 radical (unpaired) electrons. The van der Waals surface area contributed by atoms with E-state index in [4.69, 9.17) is 11.6 Å². The van der Waals surface area contributed by atoms with Crippen LogP contribution < -0.4 is 0 Å². The number of benzene rings is 1. The smallest absolute Gasteiger partial charge is 0.177 e. The number of ketones is 1. The highest BCUT2D eigenvalue weighted by Gasteiger charge is 2.09. The van der Waals surface area contributed by atoms with Crippen molar-refractivity contribution in [1.82, 2.24) is 0 Å². The summed E-state index contributed by atoms with van der Waals surface area (Å²) in [6.45, 7) is 1.91. The van der Waals surface area contributed by atoms with Gasteiger partial charge in [0, 0.05) is 13.6 Å². The van der Waals surface area contributed by atoms with E-state index >= 15 is 0 Å². The van der Waals surface area contributed by atoms with Crippen LogP contribution in [0.25, 0.3) is 0 Å². The quantitative estimate of drug-likeness (QED) is 0.438. The molecule has 0 aromatic heterocycles. The van der Waals surface area contributed by atoms with Crippen LogP contribution in [0.1, 0.15) is 15.9 Å². The molecule has 0 atom stereocenters. The number of alkyl halides is 1. The van der Waals surface area contributed by atoms with Gasteiger partial charge in [-0.3, -0.25) is 4.79 Å². The number of hydrogen-bond acceptors (Lipinski definition) is 1. The molecule has 0 N–H and O–H groups in total. The Balaban J connectivity index is 3.23. The van der Waals surface area contributed by atoms with Gasteiger partial charge in [0.1, 0.15) is 0 Å². The Hall–Kier alpha value is 0.390. The third-order valence-electron chi connectivity index (χ3n) is 1.69. The zero-order valence-corrected chi connectivity index (χ0v) is 11.4. The van der Waals surface area contributed by atoms with E-state index in [1.54, 1.807) is 0 Å². The summed E-state index contributed by atoms with van der Waals surface area (Å²) in [5.41, 5.74) is 1.67. The van der Waals surface area contributed by atoms with Gasteiger partial charge in [-0.2, -0.15) is 0 Å². The molecule has 0 saturated carbocycles. The van der Waals surface area contributed by atoms with Crippen LogP contribution in [-0.4, -0.2) is 11.7 Å². The van der Waals surface area contributed by atoms with E-state index in [0.29, 0.717) is 5.56 Å². The first-order valence-corrected chi connectivity index (χ1v) is 6.01. The van der Waals surface area contributed by atoms with E-state index in [9.17, 15) is 4.79 Å². The molecule has 1 rings (SSSR count). The predicted octanol–water partition coefficient (Wildman–Crippen LogP) is 3.78. The Bertz CT molecular complexity index is 352. The second-order valence-corrected chi connectivity index (χ2v) is 4.92. The van der Waals surface area contributed by atoms with Crippen LogP contribution in [-0.2, 0) is 0 Å². The highest BCUT2D eigenvalue weighted by Crippen LogP contribution is 2.23. The number of hydrogen-bond donors (Lipinski definition) is 0. The third kappa shape index (κ3) is 2.67. The fraction of sp³-hybridized carbons (Fsp3) is 0.222. The number of rotatable bonds is 2. The molecule has 0 saturated heterocycles. The first kappa shape index (κ1) is 11.5. The molecule has 13 heavy (non-hydrogen) atoms. The van der Waals surface area contributed by atoms with E-state index in [0.717, 1.165) is 13.6 Å². The Morgan fingerprint density at radius 2 is 2.23 bits per heavy atom. The van der Waals surface area contributed by atoms with Gasteiger partial charge in [0.25, 0.3) is 0 Å². The van der Waals surface area contributed by atoms with Gasteiger partial charge in [0.15, 0.2) is 5.78 Å². The minimum atomic E-state index is -0.0312. The molecule has 0 bridgehead atoms. The first-order chi connectivity index (χ1) is 6.06. The molecule has 0 heterocycles. The number of halogens is 3. The number of Topliss-reactive ketones (excluding diaryl/α,β-unsaturated/α-hetero) is 1. The van der Waals surface area contributed by atoms with Crippen molar-refractivity contribution in [3.8, 4) is 0 Å². The summed E-state index contributed by atoms with van der Waals surface area (Å²) >= 11 is 11.1. The number of aryl methyl sites for hydroxylation is 1. The summed E-state index contributed by atoms with van der Waals surface area (Å²) in [5, 5.41) is 0. The normalized spacial score (nSPS) is 10.2. The molecule has 0 aliphatic heterocycles. The average Bonchev–Trinajstić information content (AvgIpc) is 2.10. The molecule has 4 heteroatoms. The lowest BCUT2D eigenvalue weighted by Gasteiger charge is -2.05. The minimum absolute atomic E-state index is 0.0312. The highest BCUT2D eigenvalue weighted by molar-refractivity contribution is 14.1. The predicted molar refractivity (Wildman–Crippen MR) is 66.6 cm³/mol. The standard InChI is InChI=1S/C9H7BrClIO/c1-5-2-8(12)7(10)3-6(5)9(13)4-11/h2-3H,4H2,1H3. The van der Waals surface area contributed by atoms with Crippen LogP contribution in [0.4, 0.5) is 0 Å². The highest BCUT2D eigenvalue weighted by atomic mass is 127. The Morgan fingerprint density at radius 3 is 2.77 bits per heavy atom. The van der Waals surface area contributed by atoms with Crippen molar-refractivity contribution in [2.45, 2.75) is 6.92 Å². The Kier molecular flexibility index (Phi) is 4.19. The van der Waals surface area contributed by atoms with Gasteiger partial charge >= 0.3 is 0 Å². The first-order valence-electron chi connectivity index (χ1n) is 3.61. The van der Waals surface area contributed by atoms with Crippen molar-refractivity contribution in [3.63, 3.8) is 0 Å². The molecule has 1 aromatic rings.